The van der Waals surface area contributed by atoms with Gasteiger partial charge in [-0.25, -0.2) is 13.2 Å². The van der Waals surface area contributed by atoms with Crippen LogP contribution in [0, 0.1) is 47.3 Å². The number of hydrogen-bond donors (Lipinski definition) is 0. The zero-order chi connectivity index (χ0) is 25.5. The molecule has 0 nitrogen and oxygen atoms in total. The van der Waals surface area contributed by atoms with Gasteiger partial charge in [0, 0.05) is 0 Å². The highest BCUT2D eigenvalue weighted by molar-refractivity contribution is 4.95. The summed E-state index contributed by atoms with van der Waals surface area (Å²) in [4.78, 5) is 0. The van der Waals surface area contributed by atoms with Crippen molar-refractivity contribution in [2.75, 3.05) is 0 Å². The second kappa shape index (κ2) is 14.3. The molecule has 0 bridgehead atoms. The first-order chi connectivity index (χ1) is 17.5. The third kappa shape index (κ3) is 7.68. The molecule has 4 aliphatic carbocycles. The molecule has 4 rings (SSSR count). The summed E-state index contributed by atoms with van der Waals surface area (Å²) in [6, 6.07) is 0. The molecule has 7 atom stereocenters. The van der Waals surface area contributed by atoms with E-state index in [-0.39, 0.29) is 11.8 Å². The average molecular weight is 511 g/mol. The van der Waals surface area contributed by atoms with Gasteiger partial charge in [-0.15, -0.1) is 0 Å². The molecule has 4 aliphatic rings. The zero-order valence-electron chi connectivity index (χ0n) is 23.6. The van der Waals surface area contributed by atoms with Gasteiger partial charge < -0.3 is 0 Å². The Bertz CT molecular complexity index is 606. The molecule has 7 unspecified atom stereocenters. The Balaban J connectivity index is 1.13. The molecule has 0 saturated heterocycles. The molecule has 36 heavy (non-hydrogen) atoms. The van der Waals surface area contributed by atoms with Crippen LogP contribution in [0.5, 0.6) is 0 Å². The number of halogens is 3. The quantitative estimate of drug-likeness (QED) is 0.256. The molecule has 0 amide bonds. The van der Waals surface area contributed by atoms with Gasteiger partial charge in [-0.05, 0) is 112 Å². The first-order valence-electron chi connectivity index (χ1n) is 16.4. The summed E-state index contributed by atoms with van der Waals surface area (Å²) in [5.41, 5.74) is 0. The van der Waals surface area contributed by atoms with Gasteiger partial charge in [0.1, 0.15) is 18.5 Å². The highest BCUT2D eigenvalue weighted by Gasteiger charge is 2.46. The summed E-state index contributed by atoms with van der Waals surface area (Å²) in [5, 5.41) is 0. The van der Waals surface area contributed by atoms with Gasteiger partial charge in [0.2, 0.25) is 0 Å². The molecule has 0 aromatic rings. The molecule has 0 aromatic carbocycles. The SMILES string of the molecule is CCCCCCC1CCC(CCC2CCC(C3CCC(C4CCC(C)CC4)C(F)C3F)CC2)CC1F. The van der Waals surface area contributed by atoms with Gasteiger partial charge in [0.25, 0.3) is 0 Å². The van der Waals surface area contributed by atoms with Gasteiger partial charge in [-0.3, -0.25) is 0 Å². The van der Waals surface area contributed by atoms with E-state index in [4.69, 9.17) is 0 Å². The van der Waals surface area contributed by atoms with Crippen LogP contribution >= 0.6 is 0 Å². The van der Waals surface area contributed by atoms with Crippen LogP contribution in [0.4, 0.5) is 13.2 Å². The van der Waals surface area contributed by atoms with Crippen molar-refractivity contribution in [2.45, 2.75) is 161 Å². The van der Waals surface area contributed by atoms with Crippen LogP contribution in [-0.4, -0.2) is 18.5 Å². The van der Waals surface area contributed by atoms with E-state index in [0.29, 0.717) is 23.7 Å². The van der Waals surface area contributed by atoms with Crippen molar-refractivity contribution in [3.63, 3.8) is 0 Å². The zero-order valence-corrected chi connectivity index (χ0v) is 23.6. The number of alkyl halides is 3. The van der Waals surface area contributed by atoms with Crippen molar-refractivity contribution in [2.24, 2.45) is 47.3 Å². The monoisotopic (exact) mass is 510 g/mol. The minimum Gasteiger partial charge on any atom is -0.247 e. The van der Waals surface area contributed by atoms with Crippen molar-refractivity contribution < 1.29 is 13.2 Å². The Hall–Kier alpha value is -0.210. The van der Waals surface area contributed by atoms with Crippen LogP contribution in [0.15, 0.2) is 0 Å². The first-order valence-corrected chi connectivity index (χ1v) is 16.4. The summed E-state index contributed by atoms with van der Waals surface area (Å²) in [6.45, 7) is 4.53. The van der Waals surface area contributed by atoms with E-state index < -0.39 is 18.5 Å². The highest BCUT2D eigenvalue weighted by atomic mass is 19.2. The van der Waals surface area contributed by atoms with Crippen LogP contribution in [0.3, 0.4) is 0 Å². The molecular formula is C33H57F3. The summed E-state index contributed by atoms with van der Waals surface area (Å²) >= 11 is 0. The van der Waals surface area contributed by atoms with Crippen LogP contribution in [0.1, 0.15) is 142 Å². The predicted molar refractivity (Wildman–Crippen MR) is 146 cm³/mol. The summed E-state index contributed by atoms with van der Waals surface area (Å²) in [6.07, 6.45) is 19.6. The lowest BCUT2D eigenvalue weighted by Gasteiger charge is -2.44. The smallest absolute Gasteiger partial charge is 0.134 e. The molecule has 0 radical (unpaired) electrons. The Kier molecular flexibility index (Phi) is 11.4. The number of hydrogen-bond acceptors (Lipinski definition) is 0. The van der Waals surface area contributed by atoms with Crippen LogP contribution in [0.25, 0.3) is 0 Å². The molecule has 0 spiro atoms. The van der Waals surface area contributed by atoms with Gasteiger partial charge >= 0.3 is 0 Å². The Morgan fingerprint density at radius 2 is 1.11 bits per heavy atom. The van der Waals surface area contributed by atoms with Gasteiger partial charge in [0.05, 0.1) is 0 Å². The normalized spacial score (nSPS) is 44.4. The van der Waals surface area contributed by atoms with Crippen LogP contribution < -0.4 is 0 Å². The Morgan fingerprint density at radius 1 is 0.556 bits per heavy atom. The third-order valence-corrected chi connectivity index (χ3v) is 11.5. The minimum atomic E-state index is -1.23. The van der Waals surface area contributed by atoms with Crippen molar-refractivity contribution in [1.82, 2.24) is 0 Å². The summed E-state index contributed by atoms with van der Waals surface area (Å²) in [7, 11) is 0. The van der Waals surface area contributed by atoms with E-state index in [1.165, 1.54) is 70.6 Å². The fourth-order valence-corrected chi connectivity index (χ4v) is 8.94. The lowest BCUT2D eigenvalue weighted by atomic mass is 9.63. The van der Waals surface area contributed by atoms with Gasteiger partial charge in [0.15, 0.2) is 0 Å². The molecule has 4 saturated carbocycles. The molecule has 4 fully saturated rings. The summed E-state index contributed by atoms with van der Waals surface area (Å²) in [5.74, 6) is 3.13. The van der Waals surface area contributed by atoms with Crippen LogP contribution in [0.2, 0.25) is 0 Å². The second-order valence-electron chi connectivity index (χ2n) is 14.0. The lowest BCUT2D eigenvalue weighted by molar-refractivity contribution is -0.0367. The molecule has 0 heterocycles. The fraction of sp³-hybridized carbons (Fsp3) is 1.00. The molecule has 0 aliphatic heterocycles. The van der Waals surface area contributed by atoms with E-state index in [0.717, 1.165) is 69.6 Å². The van der Waals surface area contributed by atoms with Crippen molar-refractivity contribution in [1.29, 1.82) is 0 Å². The molecule has 0 aromatic heterocycles. The van der Waals surface area contributed by atoms with E-state index >= 15 is 8.78 Å². The van der Waals surface area contributed by atoms with E-state index in [1.807, 2.05) is 0 Å². The maximum absolute atomic E-state index is 15.4. The molecule has 3 heteroatoms. The highest BCUT2D eigenvalue weighted by Crippen LogP contribution is 2.48. The molecule has 0 N–H and O–H groups in total. The number of unbranched alkanes of at least 4 members (excludes halogenated alkanes) is 3. The van der Waals surface area contributed by atoms with Crippen molar-refractivity contribution >= 4 is 0 Å². The lowest BCUT2D eigenvalue weighted by Crippen LogP contribution is -2.45. The first kappa shape index (κ1) is 28.8. The standard InChI is InChI=1S/C33H57F3/c1-3-4-5-6-7-28-19-14-25(22-31(28)34)11-10-24-12-17-27(18-13-24)30-21-20-29(32(35)33(30)36)26-15-8-23(2)9-16-26/h23-33H,3-22H2,1-2H3. The van der Waals surface area contributed by atoms with E-state index in [2.05, 4.69) is 13.8 Å². The van der Waals surface area contributed by atoms with E-state index in [9.17, 15) is 4.39 Å². The molecule has 210 valence electrons. The second-order valence-corrected chi connectivity index (χ2v) is 14.0. The largest absolute Gasteiger partial charge is 0.247 e. The topological polar surface area (TPSA) is 0 Å². The Labute approximate surface area is 221 Å². The number of rotatable bonds is 10. The van der Waals surface area contributed by atoms with Crippen molar-refractivity contribution in [3.05, 3.63) is 0 Å². The van der Waals surface area contributed by atoms with E-state index in [1.54, 1.807) is 0 Å². The van der Waals surface area contributed by atoms with Crippen LogP contribution in [-0.2, 0) is 0 Å². The maximum Gasteiger partial charge on any atom is 0.134 e. The maximum atomic E-state index is 15.4. The third-order valence-electron chi connectivity index (χ3n) is 11.5. The van der Waals surface area contributed by atoms with Crippen molar-refractivity contribution in [3.8, 4) is 0 Å². The average Bonchev–Trinajstić information content (AvgIpc) is 2.89. The Morgan fingerprint density at radius 3 is 1.69 bits per heavy atom. The minimum absolute atomic E-state index is 0.0224. The summed E-state index contributed by atoms with van der Waals surface area (Å²) < 4.78 is 45.5. The molecular weight excluding hydrogens is 453 g/mol. The predicted octanol–water partition coefficient (Wildman–Crippen LogP) is 10.8. The van der Waals surface area contributed by atoms with Gasteiger partial charge in [-0.2, -0.15) is 0 Å². The fourth-order valence-electron chi connectivity index (χ4n) is 8.94. The van der Waals surface area contributed by atoms with Gasteiger partial charge in [-0.1, -0.05) is 78.1 Å².